The van der Waals surface area contributed by atoms with E-state index in [1.54, 1.807) is 22.2 Å². The van der Waals surface area contributed by atoms with E-state index >= 15 is 0 Å². The summed E-state index contributed by atoms with van der Waals surface area (Å²) in [5.74, 6) is 0.0320. The summed E-state index contributed by atoms with van der Waals surface area (Å²) in [4.78, 5) is 24.6. The van der Waals surface area contributed by atoms with Crippen LogP contribution in [0.25, 0.3) is 11.1 Å². The van der Waals surface area contributed by atoms with Crippen LogP contribution in [0.5, 0.6) is 0 Å². The van der Waals surface area contributed by atoms with E-state index in [0.717, 1.165) is 35.4 Å². The van der Waals surface area contributed by atoms with Crippen molar-refractivity contribution in [1.82, 2.24) is 19.1 Å². The van der Waals surface area contributed by atoms with Gasteiger partial charge in [0.2, 0.25) is 15.9 Å². The van der Waals surface area contributed by atoms with Gasteiger partial charge in [0.1, 0.15) is 5.82 Å². The van der Waals surface area contributed by atoms with Gasteiger partial charge in [-0.05, 0) is 58.6 Å². The lowest BCUT2D eigenvalue weighted by Gasteiger charge is -2.19. The number of rotatable bonds is 12. The molecule has 4 aromatic rings. The SMILES string of the molecule is CCC(=O)NS(=O)(=O)Cc1cccc(-c2ccc(CCCc3nn(Cc4ccc(C(C)(C)C)cc4)c(=O)n3CC)cc2)c1. The minimum Gasteiger partial charge on any atom is -0.279 e. The first-order chi connectivity index (χ1) is 20.4. The Kier molecular flexibility index (Phi) is 10.1. The van der Waals surface area contributed by atoms with Crippen LogP contribution in [0.2, 0.25) is 0 Å². The zero-order valence-electron chi connectivity index (χ0n) is 25.8. The molecule has 0 saturated carbocycles. The van der Waals surface area contributed by atoms with Crippen LogP contribution in [-0.4, -0.2) is 28.7 Å². The van der Waals surface area contributed by atoms with Gasteiger partial charge in [0.25, 0.3) is 0 Å². The molecule has 0 spiro atoms. The third-order valence-corrected chi connectivity index (χ3v) is 8.75. The second kappa shape index (κ2) is 13.5. The lowest BCUT2D eigenvalue weighted by molar-refractivity contribution is -0.119. The first-order valence-corrected chi connectivity index (χ1v) is 16.5. The third kappa shape index (κ3) is 8.54. The van der Waals surface area contributed by atoms with Crippen LogP contribution in [0.1, 0.15) is 75.5 Å². The van der Waals surface area contributed by atoms with Gasteiger partial charge in [-0.1, -0.05) is 100 Å². The zero-order chi connectivity index (χ0) is 31.2. The summed E-state index contributed by atoms with van der Waals surface area (Å²) in [6.07, 6.45) is 2.51. The molecule has 1 amide bonds. The van der Waals surface area contributed by atoms with Gasteiger partial charge < -0.3 is 0 Å². The van der Waals surface area contributed by atoms with Gasteiger partial charge >= 0.3 is 5.69 Å². The molecule has 4 rings (SSSR count). The van der Waals surface area contributed by atoms with Crippen LogP contribution < -0.4 is 10.4 Å². The topological polar surface area (TPSA) is 103 Å². The summed E-state index contributed by atoms with van der Waals surface area (Å²) in [5.41, 5.74) is 5.99. The molecule has 0 atom stereocenters. The molecule has 3 aromatic carbocycles. The predicted octanol–water partition coefficient (Wildman–Crippen LogP) is 5.61. The summed E-state index contributed by atoms with van der Waals surface area (Å²) in [6, 6.07) is 24.0. The van der Waals surface area contributed by atoms with Crippen LogP contribution in [0.4, 0.5) is 0 Å². The largest absolute Gasteiger partial charge is 0.346 e. The lowest BCUT2D eigenvalue weighted by atomic mass is 9.87. The summed E-state index contributed by atoms with van der Waals surface area (Å²) >= 11 is 0. The summed E-state index contributed by atoms with van der Waals surface area (Å²) in [7, 11) is -3.74. The molecule has 0 unspecified atom stereocenters. The van der Waals surface area contributed by atoms with Crippen molar-refractivity contribution >= 4 is 15.9 Å². The van der Waals surface area contributed by atoms with E-state index < -0.39 is 15.9 Å². The standard InChI is InChI=1S/C34H42N4O4S/c1-6-32(39)36-43(41,42)24-27-11-8-12-29(22-27)28-18-14-25(15-19-28)10-9-13-31-35-38(33(40)37(31)7-2)23-26-16-20-30(21-17-26)34(3,4)5/h8,11-12,14-22H,6-7,9-10,13,23-24H2,1-5H3,(H,36,39). The predicted molar refractivity (Wildman–Crippen MR) is 171 cm³/mol. The van der Waals surface area contributed by atoms with Crippen LogP contribution >= 0.6 is 0 Å². The molecular formula is C34H42N4O4S. The summed E-state index contributed by atoms with van der Waals surface area (Å²) in [5, 5.41) is 4.69. The van der Waals surface area contributed by atoms with Crippen molar-refractivity contribution in [3.63, 3.8) is 0 Å². The fraction of sp³-hybridized carbons (Fsp3) is 0.382. The van der Waals surface area contributed by atoms with Crippen molar-refractivity contribution in [3.8, 4) is 11.1 Å². The Morgan fingerprint density at radius 3 is 2.16 bits per heavy atom. The number of nitrogens with one attached hydrogen (secondary N) is 1. The maximum Gasteiger partial charge on any atom is 0.346 e. The summed E-state index contributed by atoms with van der Waals surface area (Å²) in [6.45, 7) is 11.2. The van der Waals surface area contributed by atoms with Crippen molar-refractivity contribution in [1.29, 1.82) is 0 Å². The van der Waals surface area contributed by atoms with Gasteiger partial charge in [0.05, 0.1) is 12.3 Å². The van der Waals surface area contributed by atoms with Gasteiger partial charge in [-0.15, -0.1) is 0 Å². The molecule has 0 saturated heterocycles. The average Bonchev–Trinajstić information content (AvgIpc) is 3.26. The van der Waals surface area contributed by atoms with Crippen molar-refractivity contribution in [2.75, 3.05) is 0 Å². The number of benzene rings is 3. The van der Waals surface area contributed by atoms with E-state index in [9.17, 15) is 18.0 Å². The molecule has 0 fully saturated rings. The fourth-order valence-corrected chi connectivity index (χ4v) is 6.21. The first-order valence-electron chi connectivity index (χ1n) is 14.9. The molecule has 9 heteroatoms. The molecule has 1 heterocycles. The first kappa shape index (κ1) is 31.9. The van der Waals surface area contributed by atoms with Gasteiger partial charge in [-0.3, -0.25) is 14.1 Å². The van der Waals surface area contributed by atoms with Crippen LogP contribution in [0.3, 0.4) is 0 Å². The lowest BCUT2D eigenvalue weighted by Crippen LogP contribution is -2.30. The third-order valence-electron chi connectivity index (χ3n) is 7.50. The van der Waals surface area contributed by atoms with Crippen LogP contribution in [0.15, 0.2) is 77.6 Å². The highest BCUT2D eigenvalue weighted by atomic mass is 32.2. The Balaban J connectivity index is 1.37. The van der Waals surface area contributed by atoms with Crippen molar-refractivity contribution in [3.05, 3.63) is 111 Å². The number of carbonyl (C=O) groups is 1. The molecule has 1 aromatic heterocycles. The number of amides is 1. The molecule has 43 heavy (non-hydrogen) atoms. The van der Waals surface area contributed by atoms with Crippen molar-refractivity contribution in [2.45, 2.75) is 84.6 Å². The normalized spacial score (nSPS) is 11.9. The minimum atomic E-state index is -3.74. The quantitative estimate of drug-likeness (QED) is 0.227. The number of nitrogens with zero attached hydrogens (tertiary/aromatic N) is 3. The Labute approximate surface area is 254 Å². The number of hydrogen-bond acceptors (Lipinski definition) is 5. The molecule has 0 aliphatic carbocycles. The smallest absolute Gasteiger partial charge is 0.279 e. The maximum absolute atomic E-state index is 13.0. The van der Waals surface area contributed by atoms with E-state index in [2.05, 4.69) is 67.0 Å². The van der Waals surface area contributed by atoms with Crippen molar-refractivity contribution < 1.29 is 13.2 Å². The van der Waals surface area contributed by atoms with Gasteiger partial charge in [-0.2, -0.15) is 5.10 Å². The molecule has 0 bridgehead atoms. The monoisotopic (exact) mass is 602 g/mol. The fourth-order valence-electron chi connectivity index (χ4n) is 5.03. The highest BCUT2D eigenvalue weighted by Crippen LogP contribution is 2.23. The van der Waals surface area contributed by atoms with Crippen LogP contribution in [-0.2, 0) is 51.9 Å². The number of carbonyl (C=O) groups excluding carboxylic acids is 1. The Bertz CT molecular complexity index is 1710. The Hall–Kier alpha value is -3.98. The van der Waals surface area contributed by atoms with E-state index in [-0.39, 0.29) is 23.3 Å². The second-order valence-corrected chi connectivity index (χ2v) is 13.7. The number of aryl methyl sites for hydroxylation is 2. The minimum absolute atomic E-state index is 0.0791. The average molecular weight is 603 g/mol. The molecule has 228 valence electrons. The van der Waals surface area contributed by atoms with Gasteiger partial charge in [0, 0.05) is 19.4 Å². The van der Waals surface area contributed by atoms with Crippen molar-refractivity contribution in [2.24, 2.45) is 0 Å². The summed E-state index contributed by atoms with van der Waals surface area (Å²) < 4.78 is 30.0. The number of hydrogen-bond donors (Lipinski definition) is 1. The highest BCUT2D eigenvalue weighted by Gasteiger charge is 2.16. The Morgan fingerprint density at radius 2 is 1.53 bits per heavy atom. The zero-order valence-corrected chi connectivity index (χ0v) is 26.6. The van der Waals surface area contributed by atoms with E-state index in [4.69, 9.17) is 0 Å². The molecule has 0 aliphatic heterocycles. The van der Waals surface area contributed by atoms with Gasteiger partial charge in [-0.25, -0.2) is 17.9 Å². The molecule has 1 N–H and O–H groups in total. The number of sulfonamides is 1. The van der Waals surface area contributed by atoms with E-state index in [0.29, 0.717) is 25.1 Å². The molecule has 0 aliphatic rings. The van der Waals surface area contributed by atoms with E-state index in [1.165, 1.54) is 11.1 Å². The Morgan fingerprint density at radius 1 is 0.860 bits per heavy atom. The highest BCUT2D eigenvalue weighted by molar-refractivity contribution is 7.89. The van der Waals surface area contributed by atoms with E-state index in [1.807, 2.05) is 37.3 Å². The molecule has 8 nitrogen and oxygen atoms in total. The number of aromatic nitrogens is 3. The van der Waals surface area contributed by atoms with Gasteiger partial charge in [0.15, 0.2) is 0 Å². The maximum atomic E-state index is 13.0. The molecule has 0 radical (unpaired) electrons. The molecular weight excluding hydrogens is 560 g/mol. The second-order valence-electron chi connectivity index (χ2n) is 11.9. The van der Waals surface area contributed by atoms with Crippen LogP contribution in [0, 0.1) is 0 Å².